The van der Waals surface area contributed by atoms with Gasteiger partial charge in [0.15, 0.2) is 0 Å². The average molecular weight is 280 g/mol. The Bertz CT molecular complexity index is 246. The highest BCUT2D eigenvalue weighted by Gasteiger charge is 2.23. The highest BCUT2D eigenvalue weighted by atomic mass is 15.1. The molecule has 1 aliphatic carbocycles. The van der Waals surface area contributed by atoms with Crippen molar-refractivity contribution >= 4 is 0 Å². The quantitative estimate of drug-likeness (QED) is 0.759. The molecule has 2 nitrogen and oxygen atoms in total. The lowest BCUT2D eigenvalue weighted by molar-refractivity contribution is 0.272. The molecule has 1 N–H and O–H groups in total. The van der Waals surface area contributed by atoms with Gasteiger partial charge in [-0.25, -0.2) is 0 Å². The summed E-state index contributed by atoms with van der Waals surface area (Å²) in [5.41, 5.74) is 0. The first kappa shape index (κ1) is 16.3. The summed E-state index contributed by atoms with van der Waals surface area (Å²) in [4.78, 5) is 2.66. The van der Waals surface area contributed by atoms with E-state index in [0.29, 0.717) is 0 Å². The van der Waals surface area contributed by atoms with Gasteiger partial charge in [-0.1, -0.05) is 32.6 Å². The van der Waals surface area contributed by atoms with E-state index in [4.69, 9.17) is 0 Å². The molecular formula is C18H36N2. The molecule has 0 aromatic heterocycles. The molecule has 118 valence electrons. The van der Waals surface area contributed by atoms with Gasteiger partial charge in [0, 0.05) is 12.1 Å². The molecule has 1 aliphatic heterocycles. The maximum atomic E-state index is 3.99. The average Bonchev–Trinajstić information content (AvgIpc) is 2.82. The van der Waals surface area contributed by atoms with Gasteiger partial charge in [0.25, 0.3) is 0 Å². The topological polar surface area (TPSA) is 15.3 Å². The fraction of sp³-hybridized carbons (Fsp3) is 1.00. The van der Waals surface area contributed by atoms with Crippen LogP contribution in [0.4, 0.5) is 0 Å². The van der Waals surface area contributed by atoms with E-state index in [9.17, 15) is 0 Å². The van der Waals surface area contributed by atoms with Crippen molar-refractivity contribution in [1.29, 1.82) is 0 Å². The lowest BCUT2D eigenvalue weighted by atomic mass is 9.92. The molecule has 2 aliphatic rings. The molecule has 2 atom stereocenters. The van der Waals surface area contributed by atoms with Gasteiger partial charge in [-0.3, -0.25) is 0 Å². The normalized spacial score (nSPS) is 28.8. The van der Waals surface area contributed by atoms with E-state index in [1.54, 1.807) is 0 Å². The van der Waals surface area contributed by atoms with Crippen molar-refractivity contribution < 1.29 is 0 Å². The maximum absolute atomic E-state index is 3.99. The Morgan fingerprint density at radius 3 is 2.40 bits per heavy atom. The number of rotatable bonds is 5. The van der Waals surface area contributed by atoms with E-state index in [1.165, 1.54) is 83.8 Å². The number of nitrogens with one attached hydrogen (secondary N) is 1. The van der Waals surface area contributed by atoms with E-state index in [-0.39, 0.29) is 0 Å². The van der Waals surface area contributed by atoms with E-state index in [1.807, 2.05) is 0 Å². The first-order valence-corrected chi connectivity index (χ1v) is 9.28. The number of likely N-dealkylation sites (tertiary alicyclic amines) is 1. The van der Waals surface area contributed by atoms with Crippen molar-refractivity contribution in [2.75, 3.05) is 19.6 Å². The number of nitrogens with zero attached hydrogens (tertiary/aromatic N) is 1. The molecule has 1 heterocycles. The van der Waals surface area contributed by atoms with Gasteiger partial charge in [-0.05, 0) is 71.0 Å². The van der Waals surface area contributed by atoms with Gasteiger partial charge < -0.3 is 10.2 Å². The van der Waals surface area contributed by atoms with Crippen LogP contribution in [-0.2, 0) is 0 Å². The van der Waals surface area contributed by atoms with Crippen molar-refractivity contribution in [2.45, 2.75) is 90.1 Å². The Morgan fingerprint density at radius 1 is 0.950 bits per heavy atom. The summed E-state index contributed by atoms with van der Waals surface area (Å²) in [6.07, 6.45) is 14.2. The van der Waals surface area contributed by atoms with Crippen molar-refractivity contribution in [3.05, 3.63) is 0 Å². The van der Waals surface area contributed by atoms with Crippen LogP contribution in [0, 0.1) is 5.92 Å². The molecule has 1 unspecified atom stereocenters. The zero-order valence-electron chi connectivity index (χ0n) is 13.9. The van der Waals surface area contributed by atoms with Gasteiger partial charge in [0.2, 0.25) is 0 Å². The van der Waals surface area contributed by atoms with Crippen molar-refractivity contribution in [1.82, 2.24) is 10.2 Å². The fourth-order valence-electron chi connectivity index (χ4n) is 4.18. The smallest absolute Gasteiger partial charge is 0.00823 e. The zero-order valence-corrected chi connectivity index (χ0v) is 13.9. The Balaban J connectivity index is 1.74. The second-order valence-electron chi connectivity index (χ2n) is 7.18. The summed E-state index contributed by atoms with van der Waals surface area (Å²) in [5.74, 6) is 0.937. The molecular weight excluding hydrogens is 244 g/mol. The highest BCUT2D eigenvalue weighted by molar-refractivity contribution is 4.81. The number of hydrogen-bond acceptors (Lipinski definition) is 2. The van der Waals surface area contributed by atoms with E-state index < -0.39 is 0 Å². The summed E-state index contributed by atoms with van der Waals surface area (Å²) in [7, 11) is 0. The monoisotopic (exact) mass is 280 g/mol. The van der Waals surface area contributed by atoms with Gasteiger partial charge in [-0.2, -0.15) is 0 Å². The maximum Gasteiger partial charge on any atom is 0.00823 e. The Morgan fingerprint density at radius 2 is 1.70 bits per heavy atom. The fourth-order valence-corrected chi connectivity index (χ4v) is 4.18. The predicted octanol–water partition coefficient (Wildman–Crippen LogP) is 4.20. The molecule has 0 aromatic carbocycles. The van der Waals surface area contributed by atoms with Gasteiger partial charge in [0.1, 0.15) is 0 Å². The molecule has 2 fully saturated rings. The van der Waals surface area contributed by atoms with Crippen LogP contribution in [0.3, 0.4) is 0 Å². The summed E-state index contributed by atoms with van der Waals surface area (Å²) in [6, 6.07) is 1.51. The minimum Gasteiger partial charge on any atom is -0.311 e. The SMILES string of the molecule is CCCN1CCCC(N[C@@H](C)C2CCCCCC2)CC1. The molecule has 0 spiro atoms. The molecule has 2 heteroatoms. The zero-order chi connectivity index (χ0) is 14.2. The third kappa shape index (κ3) is 5.37. The van der Waals surface area contributed by atoms with Crippen LogP contribution < -0.4 is 5.32 Å². The summed E-state index contributed by atoms with van der Waals surface area (Å²) >= 11 is 0. The minimum atomic E-state index is 0.732. The molecule has 1 saturated heterocycles. The highest BCUT2D eigenvalue weighted by Crippen LogP contribution is 2.26. The predicted molar refractivity (Wildman–Crippen MR) is 88.2 cm³/mol. The first-order valence-electron chi connectivity index (χ1n) is 9.28. The third-order valence-electron chi connectivity index (χ3n) is 5.47. The molecule has 2 rings (SSSR count). The van der Waals surface area contributed by atoms with Crippen LogP contribution in [0.1, 0.15) is 78.1 Å². The van der Waals surface area contributed by atoms with Crippen molar-refractivity contribution in [2.24, 2.45) is 5.92 Å². The largest absolute Gasteiger partial charge is 0.311 e. The lowest BCUT2D eigenvalue weighted by Crippen LogP contribution is -2.41. The summed E-state index contributed by atoms with van der Waals surface area (Å²) in [6.45, 7) is 8.68. The van der Waals surface area contributed by atoms with Crippen LogP contribution in [0.2, 0.25) is 0 Å². The van der Waals surface area contributed by atoms with E-state index in [0.717, 1.165) is 18.0 Å². The Kier molecular flexibility index (Phi) is 7.37. The molecule has 0 radical (unpaired) electrons. The second kappa shape index (κ2) is 9.04. The minimum absolute atomic E-state index is 0.732. The Labute approximate surface area is 126 Å². The van der Waals surface area contributed by atoms with E-state index in [2.05, 4.69) is 24.1 Å². The van der Waals surface area contributed by atoms with Crippen LogP contribution >= 0.6 is 0 Å². The standard InChI is InChI=1S/C18H36N2/c1-3-13-20-14-8-11-18(12-15-20)19-16(2)17-9-6-4-5-7-10-17/h16-19H,3-15H2,1-2H3/t16-,18?/m0/s1. The molecule has 0 amide bonds. The van der Waals surface area contributed by atoms with Crippen LogP contribution in [-0.4, -0.2) is 36.6 Å². The van der Waals surface area contributed by atoms with Crippen molar-refractivity contribution in [3.8, 4) is 0 Å². The van der Waals surface area contributed by atoms with Gasteiger partial charge in [-0.15, -0.1) is 0 Å². The first-order chi connectivity index (χ1) is 9.79. The van der Waals surface area contributed by atoms with Crippen LogP contribution in [0.15, 0.2) is 0 Å². The molecule has 0 bridgehead atoms. The second-order valence-corrected chi connectivity index (χ2v) is 7.18. The third-order valence-corrected chi connectivity index (χ3v) is 5.47. The number of hydrogen-bond donors (Lipinski definition) is 1. The summed E-state index contributed by atoms with van der Waals surface area (Å²) < 4.78 is 0. The van der Waals surface area contributed by atoms with Gasteiger partial charge >= 0.3 is 0 Å². The lowest BCUT2D eigenvalue weighted by Gasteiger charge is -2.28. The molecule has 20 heavy (non-hydrogen) atoms. The Hall–Kier alpha value is -0.0800. The molecule has 0 aromatic rings. The van der Waals surface area contributed by atoms with Gasteiger partial charge in [0.05, 0.1) is 0 Å². The summed E-state index contributed by atoms with van der Waals surface area (Å²) in [5, 5.41) is 3.99. The van der Waals surface area contributed by atoms with Crippen molar-refractivity contribution in [3.63, 3.8) is 0 Å². The molecule has 1 saturated carbocycles. The van der Waals surface area contributed by atoms with Crippen LogP contribution in [0.5, 0.6) is 0 Å². The van der Waals surface area contributed by atoms with Crippen LogP contribution in [0.25, 0.3) is 0 Å². The van der Waals surface area contributed by atoms with E-state index >= 15 is 0 Å².